The molecule has 1 fully saturated rings. The van der Waals surface area contributed by atoms with Gasteiger partial charge in [-0.25, -0.2) is 0 Å². The molecule has 1 aliphatic rings. The summed E-state index contributed by atoms with van der Waals surface area (Å²) in [5.41, 5.74) is 0.233. The van der Waals surface area contributed by atoms with Gasteiger partial charge in [0.25, 0.3) is 0 Å². The zero-order valence-corrected chi connectivity index (χ0v) is 10.2. The number of hydrogen-bond acceptors (Lipinski definition) is 2. The molecule has 1 unspecified atom stereocenters. The standard InChI is InChI=1S/C12H24N2O/c1-4-6-12(2,3)9-14-11(15)10-5-7-13-8-10/h10,13H,4-9H2,1-3H3,(H,14,15). The Kier molecular flexibility index (Phi) is 4.58. The van der Waals surface area contributed by atoms with E-state index in [0.29, 0.717) is 0 Å². The Bertz CT molecular complexity index is 208. The highest BCUT2D eigenvalue weighted by Gasteiger charge is 2.24. The average molecular weight is 212 g/mol. The minimum Gasteiger partial charge on any atom is -0.355 e. The quantitative estimate of drug-likeness (QED) is 0.726. The van der Waals surface area contributed by atoms with E-state index in [-0.39, 0.29) is 17.2 Å². The summed E-state index contributed by atoms with van der Waals surface area (Å²) in [5.74, 6) is 0.423. The molecule has 1 aliphatic heterocycles. The first-order valence-corrected chi connectivity index (χ1v) is 6.03. The summed E-state index contributed by atoms with van der Waals surface area (Å²) in [5, 5.41) is 6.29. The van der Waals surface area contributed by atoms with Gasteiger partial charge >= 0.3 is 0 Å². The molecule has 0 aromatic heterocycles. The first kappa shape index (κ1) is 12.5. The van der Waals surface area contributed by atoms with Crippen LogP contribution in [0, 0.1) is 11.3 Å². The van der Waals surface area contributed by atoms with Crippen LogP contribution in [0.1, 0.15) is 40.0 Å². The van der Waals surface area contributed by atoms with Crippen LogP contribution in [0.4, 0.5) is 0 Å². The Hall–Kier alpha value is -0.570. The van der Waals surface area contributed by atoms with Crippen LogP contribution in [0.15, 0.2) is 0 Å². The lowest BCUT2D eigenvalue weighted by molar-refractivity contribution is -0.124. The molecule has 0 aromatic rings. The molecular weight excluding hydrogens is 188 g/mol. The van der Waals surface area contributed by atoms with Crippen LogP contribution >= 0.6 is 0 Å². The molecule has 0 bridgehead atoms. The first-order chi connectivity index (χ1) is 7.05. The Balaban J connectivity index is 2.26. The van der Waals surface area contributed by atoms with E-state index < -0.39 is 0 Å². The van der Waals surface area contributed by atoms with Gasteiger partial charge in [-0.05, 0) is 24.8 Å². The second-order valence-corrected chi connectivity index (χ2v) is 5.32. The Labute approximate surface area is 93.0 Å². The summed E-state index contributed by atoms with van der Waals surface area (Å²) in [4.78, 5) is 11.7. The highest BCUT2D eigenvalue weighted by molar-refractivity contribution is 5.79. The average Bonchev–Trinajstić information content (AvgIpc) is 2.67. The van der Waals surface area contributed by atoms with Crippen LogP contribution in [-0.2, 0) is 4.79 Å². The predicted octanol–water partition coefficient (Wildman–Crippen LogP) is 1.54. The Morgan fingerprint density at radius 3 is 2.80 bits per heavy atom. The molecule has 3 heteroatoms. The molecule has 0 aromatic carbocycles. The van der Waals surface area contributed by atoms with E-state index in [1.807, 2.05) is 0 Å². The topological polar surface area (TPSA) is 41.1 Å². The maximum absolute atomic E-state index is 11.7. The van der Waals surface area contributed by atoms with E-state index >= 15 is 0 Å². The van der Waals surface area contributed by atoms with Gasteiger partial charge in [-0.3, -0.25) is 4.79 Å². The lowest BCUT2D eigenvalue weighted by Crippen LogP contribution is -2.38. The third-order valence-corrected chi connectivity index (χ3v) is 3.10. The van der Waals surface area contributed by atoms with Crippen molar-refractivity contribution in [3.8, 4) is 0 Å². The smallest absolute Gasteiger partial charge is 0.224 e. The fourth-order valence-electron chi connectivity index (χ4n) is 2.11. The molecule has 1 heterocycles. The van der Waals surface area contributed by atoms with Gasteiger partial charge in [-0.1, -0.05) is 27.2 Å². The lowest BCUT2D eigenvalue weighted by atomic mass is 9.88. The fraction of sp³-hybridized carbons (Fsp3) is 0.917. The van der Waals surface area contributed by atoms with Crippen molar-refractivity contribution in [3.05, 3.63) is 0 Å². The maximum Gasteiger partial charge on any atom is 0.224 e. The van der Waals surface area contributed by atoms with E-state index in [1.54, 1.807) is 0 Å². The van der Waals surface area contributed by atoms with Crippen molar-refractivity contribution in [2.24, 2.45) is 11.3 Å². The van der Waals surface area contributed by atoms with E-state index in [4.69, 9.17) is 0 Å². The third kappa shape index (κ3) is 4.20. The zero-order chi connectivity index (χ0) is 11.3. The first-order valence-electron chi connectivity index (χ1n) is 6.03. The summed E-state index contributed by atoms with van der Waals surface area (Å²) < 4.78 is 0. The molecule has 1 saturated heterocycles. The van der Waals surface area contributed by atoms with Crippen LogP contribution in [-0.4, -0.2) is 25.5 Å². The monoisotopic (exact) mass is 212 g/mol. The van der Waals surface area contributed by atoms with Crippen molar-refractivity contribution in [2.75, 3.05) is 19.6 Å². The van der Waals surface area contributed by atoms with Gasteiger partial charge < -0.3 is 10.6 Å². The van der Waals surface area contributed by atoms with E-state index in [0.717, 1.165) is 32.5 Å². The third-order valence-electron chi connectivity index (χ3n) is 3.10. The SMILES string of the molecule is CCCC(C)(C)CNC(=O)C1CCNC1. The number of carbonyl (C=O) groups excluding carboxylic acids is 1. The molecule has 1 atom stereocenters. The van der Waals surface area contributed by atoms with Crippen LogP contribution in [0.3, 0.4) is 0 Å². The fourth-order valence-corrected chi connectivity index (χ4v) is 2.11. The van der Waals surface area contributed by atoms with Gasteiger partial charge in [-0.15, -0.1) is 0 Å². The second kappa shape index (κ2) is 5.50. The molecule has 1 amide bonds. The van der Waals surface area contributed by atoms with Gasteiger partial charge in [0.05, 0.1) is 5.92 Å². The van der Waals surface area contributed by atoms with Crippen LogP contribution < -0.4 is 10.6 Å². The minimum absolute atomic E-state index is 0.197. The lowest BCUT2D eigenvalue weighted by Gasteiger charge is -2.25. The summed E-state index contributed by atoms with van der Waals surface area (Å²) >= 11 is 0. The molecule has 15 heavy (non-hydrogen) atoms. The largest absolute Gasteiger partial charge is 0.355 e. The van der Waals surface area contributed by atoms with Crippen molar-refractivity contribution in [1.82, 2.24) is 10.6 Å². The summed E-state index contributed by atoms with van der Waals surface area (Å²) in [6, 6.07) is 0. The minimum atomic E-state index is 0.197. The normalized spacial score (nSPS) is 21.7. The van der Waals surface area contributed by atoms with Gasteiger partial charge in [0, 0.05) is 13.1 Å². The number of carbonyl (C=O) groups is 1. The second-order valence-electron chi connectivity index (χ2n) is 5.32. The number of hydrogen-bond donors (Lipinski definition) is 2. The summed E-state index contributed by atoms with van der Waals surface area (Å²) in [6.07, 6.45) is 3.32. The predicted molar refractivity (Wildman–Crippen MR) is 62.7 cm³/mol. The maximum atomic E-state index is 11.7. The van der Waals surface area contributed by atoms with E-state index in [2.05, 4.69) is 31.4 Å². The highest BCUT2D eigenvalue weighted by Crippen LogP contribution is 2.21. The van der Waals surface area contributed by atoms with Crippen molar-refractivity contribution < 1.29 is 4.79 Å². The Morgan fingerprint density at radius 2 is 2.27 bits per heavy atom. The molecule has 3 nitrogen and oxygen atoms in total. The van der Waals surface area contributed by atoms with Crippen molar-refractivity contribution >= 4 is 5.91 Å². The van der Waals surface area contributed by atoms with E-state index in [9.17, 15) is 4.79 Å². The molecule has 0 saturated carbocycles. The molecular formula is C12H24N2O. The van der Waals surface area contributed by atoms with Gasteiger partial charge in [0.1, 0.15) is 0 Å². The molecule has 0 radical (unpaired) electrons. The summed E-state index contributed by atoms with van der Waals surface area (Å²) in [7, 11) is 0. The van der Waals surface area contributed by atoms with Crippen molar-refractivity contribution in [2.45, 2.75) is 40.0 Å². The molecule has 88 valence electrons. The van der Waals surface area contributed by atoms with Crippen LogP contribution in [0.25, 0.3) is 0 Å². The van der Waals surface area contributed by atoms with Gasteiger partial charge in [0.15, 0.2) is 0 Å². The number of nitrogens with one attached hydrogen (secondary N) is 2. The van der Waals surface area contributed by atoms with Crippen molar-refractivity contribution in [3.63, 3.8) is 0 Å². The highest BCUT2D eigenvalue weighted by atomic mass is 16.1. The van der Waals surface area contributed by atoms with Gasteiger partial charge in [0.2, 0.25) is 5.91 Å². The van der Waals surface area contributed by atoms with Gasteiger partial charge in [-0.2, -0.15) is 0 Å². The molecule has 0 aliphatic carbocycles. The molecule has 0 spiro atoms. The van der Waals surface area contributed by atoms with E-state index in [1.165, 1.54) is 6.42 Å². The van der Waals surface area contributed by atoms with Crippen LogP contribution in [0.5, 0.6) is 0 Å². The van der Waals surface area contributed by atoms with Crippen molar-refractivity contribution in [1.29, 1.82) is 0 Å². The van der Waals surface area contributed by atoms with Crippen LogP contribution in [0.2, 0.25) is 0 Å². The number of amides is 1. The number of rotatable bonds is 5. The zero-order valence-electron chi connectivity index (χ0n) is 10.2. The molecule has 2 N–H and O–H groups in total. The Morgan fingerprint density at radius 1 is 1.53 bits per heavy atom. The summed E-state index contributed by atoms with van der Waals surface area (Å²) in [6.45, 7) is 9.24. The molecule has 1 rings (SSSR count).